The molecule has 45 heavy (non-hydrogen) atoms. The molecular formula is C34H40ClN7O3. The summed E-state index contributed by atoms with van der Waals surface area (Å²) in [6, 6.07) is 18.8. The van der Waals surface area contributed by atoms with Crippen LogP contribution < -0.4 is 20.9 Å². The highest BCUT2D eigenvalue weighted by Gasteiger charge is 2.37. The van der Waals surface area contributed by atoms with Gasteiger partial charge in [0.1, 0.15) is 0 Å². The molecule has 1 amide bonds. The molecule has 0 aliphatic carbocycles. The van der Waals surface area contributed by atoms with E-state index in [0.717, 1.165) is 48.7 Å². The maximum absolute atomic E-state index is 12.8. The Balaban J connectivity index is 0.941. The number of nitrogens with one attached hydrogen (secondary N) is 3. The fraction of sp³-hybridized carbons (Fsp3) is 0.441. The van der Waals surface area contributed by atoms with Crippen LogP contribution in [0.4, 0.5) is 17.3 Å². The molecular weight excluding hydrogens is 590 g/mol. The lowest BCUT2D eigenvalue weighted by Crippen LogP contribution is -2.46. The number of hydrogen-bond acceptors (Lipinski definition) is 8. The van der Waals surface area contributed by atoms with E-state index in [1.165, 1.54) is 19.3 Å². The van der Waals surface area contributed by atoms with Gasteiger partial charge in [-0.15, -0.1) is 5.10 Å². The molecule has 10 nitrogen and oxygen atoms in total. The number of hydrogen-bond donors (Lipinski definition) is 4. The predicted molar refractivity (Wildman–Crippen MR) is 175 cm³/mol. The molecule has 4 N–H and O–H groups in total. The van der Waals surface area contributed by atoms with Gasteiger partial charge in [0.15, 0.2) is 5.65 Å². The van der Waals surface area contributed by atoms with Gasteiger partial charge >= 0.3 is 0 Å². The van der Waals surface area contributed by atoms with Gasteiger partial charge in [-0.05, 0) is 111 Å². The zero-order valence-corrected chi connectivity index (χ0v) is 26.1. The summed E-state index contributed by atoms with van der Waals surface area (Å²) in [4.78, 5) is 19.9. The topological polar surface area (TPSA) is 116 Å². The number of pyridine rings is 1. The number of piperidine rings is 2. The van der Waals surface area contributed by atoms with Crippen LogP contribution in [0, 0.1) is 5.41 Å². The van der Waals surface area contributed by atoms with Crippen LogP contribution in [0.3, 0.4) is 0 Å². The van der Waals surface area contributed by atoms with Crippen LogP contribution in [0.25, 0.3) is 5.65 Å². The average molecular weight is 630 g/mol. The van der Waals surface area contributed by atoms with Crippen LogP contribution in [0.15, 0.2) is 66.9 Å². The number of anilines is 3. The minimum atomic E-state index is -0.880. The van der Waals surface area contributed by atoms with Crippen molar-refractivity contribution in [2.75, 3.05) is 49.5 Å². The van der Waals surface area contributed by atoms with Crippen molar-refractivity contribution >= 4 is 40.5 Å². The molecule has 0 bridgehead atoms. The van der Waals surface area contributed by atoms with Gasteiger partial charge in [0, 0.05) is 42.1 Å². The van der Waals surface area contributed by atoms with Gasteiger partial charge in [-0.25, -0.2) is 4.52 Å². The van der Waals surface area contributed by atoms with Gasteiger partial charge in [-0.3, -0.25) is 4.79 Å². The molecule has 4 aromatic rings. The van der Waals surface area contributed by atoms with E-state index in [2.05, 4.69) is 25.9 Å². The van der Waals surface area contributed by atoms with Crippen molar-refractivity contribution in [3.05, 3.63) is 83.0 Å². The zero-order chi connectivity index (χ0) is 30.9. The van der Waals surface area contributed by atoms with E-state index in [1.807, 2.05) is 54.7 Å². The third-order valence-electron chi connectivity index (χ3n) is 9.83. The Morgan fingerprint density at radius 3 is 2.49 bits per heavy atom. The maximum atomic E-state index is 12.8. The second-order valence-corrected chi connectivity index (χ2v) is 13.2. The molecule has 2 aromatic carbocycles. The van der Waals surface area contributed by atoms with Crippen molar-refractivity contribution < 1.29 is 14.6 Å². The first kappa shape index (κ1) is 30.0. The number of nitrogens with zero attached hydrogens (tertiary/aromatic N) is 4. The van der Waals surface area contributed by atoms with Gasteiger partial charge in [-0.1, -0.05) is 23.7 Å². The summed E-state index contributed by atoms with van der Waals surface area (Å²) in [5.41, 5.74) is 3.43. The lowest BCUT2D eigenvalue weighted by Gasteiger charge is -2.43. The first-order chi connectivity index (χ1) is 21.9. The molecule has 2 aromatic heterocycles. The van der Waals surface area contributed by atoms with Gasteiger partial charge < -0.3 is 30.7 Å². The summed E-state index contributed by atoms with van der Waals surface area (Å²) in [7, 11) is 0. The number of amides is 1. The summed E-state index contributed by atoms with van der Waals surface area (Å²) in [5, 5.41) is 26.4. The Bertz CT molecular complexity index is 1620. The number of benzene rings is 2. The standard InChI is InChI=1S/C34H40ClN7O3/c35-26-7-5-25(6-8-26)34(44)15-20-41(21-16-34)29-2-1-19-42-30(29)39-32(40-42)38-27-9-3-24(4-10-27)31(43)37-22-28-11-12-33(23-45-28)13-17-36-18-14-33/h1-10,19,28,36,44H,11-18,20-23H2,(H,37,43)(H,38,40). The Kier molecular flexibility index (Phi) is 8.39. The van der Waals surface area contributed by atoms with Crippen LogP contribution in [0.2, 0.25) is 5.02 Å². The zero-order valence-electron chi connectivity index (χ0n) is 25.3. The van der Waals surface area contributed by atoms with Gasteiger partial charge in [-0.2, -0.15) is 4.98 Å². The second-order valence-electron chi connectivity index (χ2n) is 12.8. The smallest absolute Gasteiger partial charge is 0.251 e. The normalized spacial score (nSPS) is 21.1. The molecule has 1 atom stereocenters. The quantitative estimate of drug-likeness (QED) is 0.228. The third-order valence-corrected chi connectivity index (χ3v) is 10.1. The van der Waals surface area contributed by atoms with E-state index in [1.54, 1.807) is 16.6 Å². The summed E-state index contributed by atoms with van der Waals surface area (Å²) in [5.74, 6) is 0.364. The van der Waals surface area contributed by atoms with E-state index >= 15 is 0 Å². The molecule has 7 rings (SSSR count). The van der Waals surface area contributed by atoms with Gasteiger partial charge in [0.25, 0.3) is 5.91 Å². The molecule has 1 spiro atoms. The fourth-order valence-electron chi connectivity index (χ4n) is 6.93. The maximum Gasteiger partial charge on any atom is 0.251 e. The minimum absolute atomic E-state index is 0.0704. The van der Waals surface area contributed by atoms with Crippen molar-refractivity contribution in [1.82, 2.24) is 25.2 Å². The lowest BCUT2D eigenvalue weighted by molar-refractivity contribution is -0.0721. The summed E-state index contributed by atoms with van der Waals surface area (Å²) < 4.78 is 7.92. The van der Waals surface area contributed by atoms with Crippen LogP contribution >= 0.6 is 11.6 Å². The molecule has 5 heterocycles. The molecule has 236 valence electrons. The highest BCUT2D eigenvalue weighted by Crippen LogP contribution is 2.39. The monoisotopic (exact) mass is 629 g/mol. The minimum Gasteiger partial charge on any atom is -0.385 e. The molecule has 11 heteroatoms. The Morgan fingerprint density at radius 2 is 1.78 bits per heavy atom. The predicted octanol–water partition coefficient (Wildman–Crippen LogP) is 4.89. The molecule has 3 aliphatic heterocycles. The number of aromatic nitrogens is 3. The van der Waals surface area contributed by atoms with Gasteiger partial charge in [0.2, 0.25) is 5.95 Å². The van der Waals surface area contributed by atoms with Crippen molar-refractivity contribution in [3.8, 4) is 0 Å². The Labute approximate surface area is 268 Å². The molecule has 3 saturated heterocycles. The molecule has 1 unspecified atom stereocenters. The van der Waals surface area contributed by atoms with Crippen LogP contribution in [0.5, 0.6) is 0 Å². The van der Waals surface area contributed by atoms with Crippen molar-refractivity contribution in [3.63, 3.8) is 0 Å². The number of carbonyl (C=O) groups is 1. The fourth-order valence-corrected chi connectivity index (χ4v) is 7.06. The van der Waals surface area contributed by atoms with Crippen LogP contribution in [0.1, 0.15) is 54.4 Å². The van der Waals surface area contributed by atoms with Crippen molar-refractivity contribution in [2.24, 2.45) is 5.41 Å². The molecule has 0 radical (unpaired) electrons. The highest BCUT2D eigenvalue weighted by atomic mass is 35.5. The van der Waals surface area contributed by atoms with E-state index in [0.29, 0.717) is 54.4 Å². The summed E-state index contributed by atoms with van der Waals surface area (Å²) >= 11 is 6.05. The summed E-state index contributed by atoms with van der Waals surface area (Å²) in [6.45, 7) is 4.83. The number of ether oxygens (including phenoxy) is 1. The molecule has 0 saturated carbocycles. The van der Waals surface area contributed by atoms with E-state index < -0.39 is 5.60 Å². The van der Waals surface area contributed by atoms with Crippen molar-refractivity contribution in [2.45, 2.75) is 50.2 Å². The largest absolute Gasteiger partial charge is 0.385 e. The molecule has 3 fully saturated rings. The Hall–Kier alpha value is -3.70. The van der Waals surface area contributed by atoms with E-state index in [-0.39, 0.29) is 12.0 Å². The lowest BCUT2D eigenvalue weighted by atomic mass is 9.74. The second kappa shape index (κ2) is 12.6. The number of halogens is 1. The molecule has 3 aliphatic rings. The SMILES string of the molecule is O=C(NCC1CCC2(CCNCC2)CO1)c1ccc(Nc2nc3c(N4CCC(O)(c5ccc(Cl)cc5)CC4)cccn3n2)cc1. The highest BCUT2D eigenvalue weighted by molar-refractivity contribution is 6.30. The van der Waals surface area contributed by atoms with E-state index in [4.69, 9.17) is 21.3 Å². The first-order valence-electron chi connectivity index (χ1n) is 15.9. The number of carbonyl (C=O) groups excluding carboxylic acids is 1. The third kappa shape index (κ3) is 6.51. The van der Waals surface area contributed by atoms with Crippen molar-refractivity contribution in [1.29, 1.82) is 0 Å². The van der Waals surface area contributed by atoms with Crippen LogP contribution in [-0.2, 0) is 10.3 Å². The first-order valence-corrected chi connectivity index (χ1v) is 16.3. The Morgan fingerprint density at radius 1 is 1.02 bits per heavy atom. The van der Waals surface area contributed by atoms with E-state index in [9.17, 15) is 9.90 Å². The number of rotatable bonds is 7. The van der Waals surface area contributed by atoms with Crippen LogP contribution in [-0.4, -0.2) is 71.0 Å². The number of fused-ring (bicyclic) bond motifs is 1. The van der Waals surface area contributed by atoms with Gasteiger partial charge in [0.05, 0.1) is 24.0 Å². The summed E-state index contributed by atoms with van der Waals surface area (Å²) in [6.07, 6.45) is 7.64. The average Bonchev–Trinajstić information content (AvgIpc) is 3.48. The number of aliphatic hydroxyl groups is 1.